The largest absolute Gasteiger partial charge is 0.493 e. The third kappa shape index (κ3) is 4.79. The van der Waals surface area contributed by atoms with Crippen LogP contribution >= 0.6 is 0 Å². The highest BCUT2D eigenvalue weighted by Gasteiger charge is 2.31. The van der Waals surface area contributed by atoms with E-state index >= 15 is 0 Å². The van der Waals surface area contributed by atoms with Crippen LogP contribution in [0.5, 0.6) is 5.75 Å². The van der Waals surface area contributed by atoms with Crippen LogP contribution in [0.3, 0.4) is 0 Å². The minimum atomic E-state index is -3.55. The third-order valence-electron chi connectivity index (χ3n) is 5.04. The molecule has 0 unspecified atom stereocenters. The second kappa shape index (κ2) is 9.41. The van der Waals surface area contributed by atoms with E-state index in [1.807, 2.05) is 25.1 Å². The summed E-state index contributed by atoms with van der Waals surface area (Å²) in [6.07, 6.45) is 1.96. The molecule has 0 bridgehead atoms. The highest BCUT2D eigenvalue weighted by molar-refractivity contribution is 7.89. The summed E-state index contributed by atoms with van der Waals surface area (Å²) >= 11 is 0. The Morgan fingerprint density at radius 1 is 0.966 bits per heavy atom. The molecule has 6 nitrogen and oxygen atoms in total. The molecule has 0 atom stereocenters. The molecule has 156 valence electrons. The van der Waals surface area contributed by atoms with Gasteiger partial charge in [0.1, 0.15) is 5.75 Å². The van der Waals surface area contributed by atoms with Gasteiger partial charge in [0.25, 0.3) is 5.91 Å². The molecule has 1 amide bonds. The normalized spacial score (nSPS) is 15.3. The zero-order valence-corrected chi connectivity index (χ0v) is 17.8. The number of sulfonamides is 1. The number of nitrogens with zero attached hydrogens (tertiary/aromatic N) is 2. The number of amides is 1. The van der Waals surface area contributed by atoms with Crippen molar-refractivity contribution in [3.8, 4) is 5.75 Å². The Hall–Kier alpha value is -2.38. The average Bonchev–Trinajstić information content (AvgIpc) is 2.75. The summed E-state index contributed by atoms with van der Waals surface area (Å²) in [5, 5.41) is 0. The predicted molar refractivity (Wildman–Crippen MR) is 113 cm³/mol. The fraction of sp³-hybridized carbons (Fsp3) is 0.409. The molecular formula is C22H28N2O4S. The van der Waals surface area contributed by atoms with E-state index in [-0.39, 0.29) is 19.0 Å². The van der Waals surface area contributed by atoms with Gasteiger partial charge < -0.3 is 9.64 Å². The number of piperazine rings is 1. The molecule has 0 radical (unpaired) electrons. The Balaban J connectivity index is 1.67. The molecule has 1 saturated heterocycles. The van der Waals surface area contributed by atoms with Gasteiger partial charge in [0.2, 0.25) is 10.0 Å². The van der Waals surface area contributed by atoms with Gasteiger partial charge in [-0.25, -0.2) is 8.42 Å². The molecular weight excluding hydrogens is 388 g/mol. The molecule has 0 N–H and O–H groups in total. The second-order valence-electron chi connectivity index (χ2n) is 7.02. The van der Waals surface area contributed by atoms with Gasteiger partial charge in [0, 0.05) is 26.2 Å². The van der Waals surface area contributed by atoms with Crippen molar-refractivity contribution in [3.63, 3.8) is 0 Å². The van der Waals surface area contributed by atoms with Crippen molar-refractivity contribution >= 4 is 15.9 Å². The van der Waals surface area contributed by atoms with E-state index in [2.05, 4.69) is 6.92 Å². The Morgan fingerprint density at radius 2 is 1.62 bits per heavy atom. The topological polar surface area (TPSA) is 66.9 Å². The molecule has 29 heavy (non-hydrogen) atoms. The van der Waals surface area contributed by atoms with Gasteiger partial charge in [-0.2, -0.15) is 4.31 Å². The van der Waals surface area contributed by atoms with Crippen LogP contribution in [-0.2, 0) is 16.4 Å². The molecule has 1 aliphatic rings. The lowest BCUT2D eigenvalue weighted by Gasteiger charge is -2.34. The minimum Gasteiger partial charge on any atom is -0.493 e. The van der Waals surface area contributed by atoms with Crippen molar-refractivity contribution in [2.75, 3.05) is 32.8 Å². The minimum absolute atomic E-state index is 0.130. The van der Waals surface area contributed by atoms with E-state index in [4.69, 9.17) is 4.74 Å². The van der Waals surface area contributed by atoms with Crippen LogP contribution in [-0.4, -0.2) is 56.3 Å². The van der Waals surface area contributed by atoms with E-state index < -0.39 is 10.0 Å². The number of hydrogen-bond acceptors (Lipinski definition) is 4. The summed E-state index contributed by atoms with van der Waals surface area (Å²) in [7, 11) is -3.55. The second-order valence-corrected chi connectivity index (χ2v) is 8.96. The Kier molecular flexibility index (Phi) is 6.92. The smallest absolute Gasteiger partial charge is 0.257 e. The number of rotatable bonds is 7. The first-order valence-corrected chi connectivity index (χ1v) is 11.5. The fourth-order valence-electron chi connectivity index (χ4n) is 3.49. The highest BCUT2D eigenvalue weighted by atomic mass is 32.2. The van der Waals surface area contributed by atoms with Crippen LogP contribution in [0.2, 0.25) is 0 Å². The van der Waals surface area contributed by atoms with Crippen LogP contribution in [0.1, 0.15) is 36.2 Å². The number of benzene rings is 2. The van der Waals surface area contributed by atoms with Crippen LogP contribution in [0.25, 0.3) is 0 Å². The molecule has 0 aromatic heterocycles. The Bertz CT molecular complexity index is 934. The van der Waals surface area contributed by atoms with Crippen molar-refractivity contribution < 1.29 is 17.9 Å². The predicted octanol–water partition coefficient (Wildman–Crippen LogP) is 3.18. The maximum absolute atomic E-state index is 12.9. The van der Waals surface area contributed by atoms with Crippen LogP contribution in [0.4, 0.5) is 0 Å². The maximum Gasteiger partial charge on any atom is 0.257 e. The van der Waals surface area contributed by atoms with Crippen LogP contribution < -0.4 is 4.74 Å². The average molecular weight is 417 g/mol. The summed E-state index contributed by atoms with van der Waals surface area (Å²) in [6, 6.07) is 14.3. The van der Waals surface area contributed by atoms with E-state index in [0.29, 0.717) is 35.9 Å². The standard InChI is InChI=1S/C22H28N2O4S/c1-3-7-18-10-12-19(13-11-18)29(26,27)24-16-14-23(15-17-24)22(25)20-8-5-6-9-21(20)28-4-2/h5-6,8-13H,3-4,7,14-17H2,1-2H3. The van der Waals surface area contributed by atoms with E-state index in [1.165, 1.54) is 4.31 Å². The van der Waals surface area contributed by atoms with Crippen molar-refractivity contribution in [2.45, 2.75) is 31.6 Å². The molecule has 1 heterocycles. The Labute approximate surface area is 173 Å². The van der Waals surface area contributed by atoms with Gasteiger partial charge in [-0.05, 0) is 43.2 Å². The van der Waals surface area contributed by atoms with Crippen molar-refractivity contribution in [1.82, 2.24) is 9.21 Å². The Morgan fingerprint density at radius 3 is 2.24 bits per heavy atom. The summed E-state index contributed by atoms with van der Waals surface area (Å²) < 4.78 is 32.9. The number of hydrogen-bond donors (Lipinski definition) is 0. The van der Waals surface area contributed by atoms with E-state index in [9.17, 15) is 13.2 Å². The first kappa shape index (κ1) is 21.3. The van der Waals surface area contributed by atoms with Gasteiger partial charge in [0.15, 0.2) is 0 Å². The highest BCUT2D eigenvalue weighted by Crippen LogP contribution is 2.23. The summed E-state index contributed by atoms with van der Waals surface area (Å²) in [6.45, 7) is 5.72. The van der Waals surface area contributed by atoms with E-state index in [1.54, 1.807) is 35.2 Å². The summed E-state index contributed by atoms with van der Waals surface area (Å²) in [5.74, 6) is 0.428. The molecule has 1 fully saturated rings. The fourth-order valence-corrected chi connectivity index (χ4v) is 4.91. The number of carbonyl (C=O) groups is 1. The van der Waals surface area contributed by atoms with Crippen molar-refractivity contribution in [3.05, 3.63) is 59.7 Å². The van der Waals surface area contributed by atoms with Gasteiger partial charge in [-0.15, -0.1) is 0 Å². The molecule has 0 spiro atoms. The zero-order valence-electron chi connectivity index (χ0n) is 17.0. The van der Waals surface area contributed by atoms with Crippen molar-refractivity contribution in [1.29, 1.82) is 0 Å². The summed E-state index contributed by atoms with van der Waals surface area (Å²) in [5.41, 5.74) is 1.65. The van der Waals surface area contributed by atoms with Crippen molar-refractivity contribution in [2.24, 2.45) is 0 Å². The lowest BCUT2D eigenvalue weighted by atomic mass is 10.1. The lowest BCUT2D eigenvalue weighted by molar-refractivity contribution is 0.0693. The monoisotopic (exact) mass is 416 g/mol. The number of carbonyl (C=O) groups excluding carboxylic acids is 1. The number of para-hydroxylation sites is 1. The molecule has 2 aromatic carbocycles. The molecule has 7 heteroatoms. The molecule has 1 aliphatic heterocycles. The maximum atomic E-state index is 12.9. The SMILES string of the molecule is CCCc1ccc(S(=O)(=O)N2CCN(C(=O)c3ccccc3OCC)CC2)cc1. The third-order valence-corrected chi connectivity index (χ3v) is 6.96. The van der Waals surface area contributed by atoms with Gasteiger partial charge >= 0.3 is 0 Å². The quantitative estimate of drug-likeness (QED) is 0.695. The first-order chi connectivity index (χ1) is 14.0. The van der Waals surface area contributed by atoms with E-state index in [0.717, 1.165) is 18.4 Å². The molecule has 0 saturated carbocycles. The van der Waals surface area contributed by atoms with Gasteiger partial charge in [-0.3, -0.25) is 4.79 Å². The number of ether oxygens (including phenoxy) is 1. The summed E-state index contributed by atoms with van der Waals surface area (Å²) in [4.78, 5) is 14.9. The zero-order chi connectivity index (χ0) is 20.9. The first-order valence-electron chi connectivity index (χ1n) is 10.1. The van der Waals surface area contributed by atoms with Crippen LogP contribution in [0, 0.1) is 0 Å². The van der Waals surface area contributed by atoms with Gasteiger partial charge in [-0.1, -0.05) is 37.6 Å². The lowest BCUT2D eigenvalue weighted by Crippen LogP contribution is -2.50. The van der Waals surface area contributed by atoms with Gasteiger partial charge in [0.05, 0.1) is 17.1 Å². The molecule has 2 aromatic rings. The number of aryl methyl sites for hydroxylation is 1. The molecule has 3 rings (SSSR count). The molecule has 0 aliphatic carbocycles. The van der Waals surface area contributed by atoms with Crippen LogP contribution in [0.15, 0.2) is 53.4 Å².